The largest absolute Gasteiger partial charge is 0.488 e. The van der Waals surface area contributed by atoms with Crippen molar-refractivity contribution in [3.8, 4) is 5.75 Å². The van der Waals surface area contributed by atoms with Crippen molar-refractivity contribution in [3.63, 3.8) is 0 Å². The Hall–Kier alpha value is -1.62. The second-order valence-corrected chi connectivity index (χ2v) is 3.36. The van der Waals surface area contributed by atoms with Gasteiger partial charge in [-0.15, -0.1) is 0 Å². The van der Waals surface area contributed by atoms with E-state index >= 15 is 0 Å². The number of hydrazone groups is 1. The lowest BCUT2D eigenvalue weighted by molar-refractivity contribution is 0.375. The van der Waals surface area contributed by atoms with Crippen LogP contribution < -0.4 is 15.9 Å². The van der Waals surface area contributed by atoms with Crippen molar-refractivity contribution in [2.45, 2.75) is 6.92 Å². The van der Waals surface area contributed by atoms with Gasteiger partial charge in [-0.1, -0.05) is 18.2 Å². The predicted molar refractivity (Wildman–Crippen MR) is 65.0 cm³/mol. The highest BCUT2D eigenvalue weighted by atomic mass is 32.1. The first kappa shape index (κ1) is 11.5. The number of nitrogens with zero attached hydrogens (tertiary/aromatic N) is 1. The van der Waals surface area contributed by atoms with Crippen molar-refractivity contribution in [2.75, 3.05) is 6.61 Å². The third kappa shape index (κ3) is 4.97. The molecule has 1 rings (SSSR count). The SMILES string of the molecule is C/C(COc1ccccc1)=N/NC(N)=S. The first-order valence-corrected chi connectivity index (χ1v) is 4.86. The van der Waals surface area contributed by atoms with Gasteiger partial charge in [0.25, 0.3) is 0 Å². The molecule has 3 N–H and O–H groups in total. The van der Waals surface area contributed by atoms with Crippen molar-refractivity contribution < 1.29 is 4.74 Å². The lowest BCUT2D eigenvalue weighted by atomic mass is 10.3. The van der Waals surface area contributed by atoms with Crippen LogP contribution in [0.5, 0.6) is 5.75 Å². The third-order valence-electron chi connectivity index (χ3n) is 1.55. The van der Waals surface area contributed by atoms with E-state index < -0.39 is 0 Å². The molecule has 0 aliphatic rings. The Morgan fingerprint density at radius 2 is 2.13 bits per heavy atom. The Kier molecular flexibility index (Phi) is 4.56. The molecule has 0 saturated heterocycles. The number of hydrogen-bond donors (Lipinski definition) is 2. The molecule has 0 unspecified atom stereocenters. The molecular formula is C10H13N3OS. The standard InChI is InChI=1S/C10H13N3OS/c1-8(12-13-10(11)15)7-14-9-5-3-2-4-6-9/h2-6H,7H2,1H3,(H3,11,13,15)/b12-8-. The number of nitrogens with one attached hydrogen (secondary N) is 1. The summed E-state index contributed by atoms with van der Waals surface area (Å²) in [4.78, 5) is 0. The smallest absolute Gasteiger partial charge is 0.184 e. The van der Waals surface area contributed by atoms with Crippen LogP contribution in [0.2, 0.25) is 0 Å². The molecule has 0 bridgehead atoms. The van der Waals surface area contributed by atoms with Gasteiger partial charge in [0.15, 0.2) is 5.11 Å². The summed E-state index contributed by atoms with van der Waals surface area (Å²) < 4.78 is 5.45. The van der Waals surface area contributed by atoms with E-state index in [1.165, 1.54) is 0 Å². The predicted octanol–water partition coefficient (Wildman–Crippen LogP) is 1.27. The molecule has 0 heterocycles. The molecule has 0 aliphatic carbocycles. The molecule has 0 fully saturated rings. The van der Waals surface area contributed by atoms with Gasteiger partial charge in [0.05, 0.1) is 5.71 Å². The van der Waals surface area contributed by atoms with Crippen LogP contribution in [0.4, 0.5) is 0 Å². The van der Waals surface area contributed by atoms with Crippen molar-refractivity contribution in [3.05, 3.63) is 30.3 Å². The molecule has 0 spiro atoms. The number of hydrogen-bond acceptors (Lipinski definition) is 3. The van der Waals surface area contributed by atoms with Gasteiger partial charge < -0.3 is 10.5 Å². The number of nitrogens with two attached hydrogens (primary N) is 1. The van der Waals surface area contributed by atoms with Crippen LogP contribution in [0.1, 0.15) is 6.92 Å². The van der Waals surface area contributed by atoms with Crippen molar-refractivity contribution in [1.82, 2.24) is 5.43 Å². The fourth-order valence-electron chi connectivity index (χ4n) is 0.887. The minimum Gasteiger partial charge on any atom is -0.488 e. The average Bonchev–Trinajstić information content (AvgIpc) is 2.25. The molecular weight excluding hydrogens is 210 g/mol. The molecule has 80 valence electrons. The Balaban J connectivity index is 2.37. The van der Waals surface area contributed by atoms with Crippen LogP contribution in [0, 0.1) is 0 Å². The van der Waals surface area contributed by atoms with Gasteiger partial charge in [-0.05, 0) is 31.3 Å². The van der Waals surface area contributed by atoms with Crippen LogP contribution in [-0.2, 0) is 0 Å². The highest BCUT2D eigenvalue weighted by Gasteiger charge is 1.94. The van der Waals surface area contributed by atoms with E-state index in [9.17, 15) is 0 Å². The van der Waals surface area contributed by atoms with Gasteiger partial charge in [-0.2, -0.15) is 5.10 Å². The maximum Gasteiger partial charge on any atom is 0.184 e. The average molecular weight is 223 g/mol. The molecule has 0 amide bonds. The molecule has 0 aromatic heterocycles. The number of benzene rings is 1. The van der Waals surface area contributed by atoms with Crippen LogP contribution >= 0.6 is 12.2 Å². The zero-order valence-electron chi connectivity index (χ0n) is 8.43. The summed E-state index contributed by atoms with van der Waals surface area (Å²) in [6.45, 7) is 2.23. The molecule has 1 aromatic rings. The van der Waals surface area contributed by atoms with E-state index in [1.807, 2.05) is 37.3 Å². The third-order valence-corrected chi connectivity index (χ3v) is 1.64. The van der Waals surface area contributed by atoms with E-state index in [4.69, 9.17) is 10.5 Å². The molecule has 0 atom stereocenters. The maximum atomic E-state index is 5.45. The lowest BCUT2D eigenvalue weighted by Gasteiger charge is -2.05. The Bertz CT molecular complexity index is 351. The van der Waals surface area contributed by atoms with Gasteiger partial charge in [0.1, 0.15) is 12.4 Å². The topological polar surface area (TPSA) is 59.6 Å². The molecule has 0 saturated carbocycles. The zero-order chi connectivity index (χ0) is 11.1. The van der Waals surface area contributed by atoms with Gasteiger partial charge in [-0.25, -0.2) is 0 Å². The highest BCUT2D eigenvalue weighted by Crippen LogP contribution is 2.07. The zero-order valence-corrected chi connectivity index (χ0v) is 9.25. The van der Waals surface area contributed by atoms with Crippen LogP contribution in [0.15, 0.2) is 35.4 Å². The summed E-state index contributed by atoms with van der Waals surface area (Å²) in [5, 5.41) is 4.06. The molecule has 0 aliphatic heterocycles. The van der Waals surface area contributed by atoms with E-state index in [2.05, 4.69) is 22.7 Å². The monoisotopic (exact) mass is 223 g/mol. The Morgan fingerprint density at radius 3 is 2.73 bits per heavy atom. The van der Waals surface area contributed by atoms with Gasteiger partial charge in [0, 0.05) is 0 Å². The fraction of sp³-hybridized carbons (Fsp3) is 0.200. The summed E-state index contributed by atoms with van der Waals surface area (Å²) >= 11 is 4.61. The van der Waals surface area contributed by atoms with Gasteiger partial charge in [-0.3, -0.25) is 5.43 Å². The maximum absolute atomic E-state index is 5.45. The van der Waals surface area contributed by atoms with E-state index in [0.717, 1.165) is 11.5 Å². The molecule has 1 aromatic carbocycles. The number of thiocarbonyl (C=S) groups is 1. The molecule has 0 radical (unpaired) electrons. The summed E-state index contributed by atoms with van der Waals surface area (Å²) in [6, 6.07) is 9.52. The Morgan fingerprint density at radius 1 is 1.47 bits per heavy atom. The second kappa shape index (κ2) is 5.98. The number of para-hydroxylation sites is 1. The minimum absolute atomic E-state index is 0.147. The summed E-state index contributed by atoms with van der Waals surface area (Å²) in [5.41, 5.74) is 8.49. The van der Waals surface area contributed by atoms with E-state index in [0.29, 0.717) is 6.61 Å². The normalized spacial score (nSPS) is 10.9. The number of rotatable bonds is 4. The number of ether oxygens (including phenoxy) is 1. The van der Waals surface area contributed by atoms with Crippen LogP contribution in [-0.4, -0.2) is 17.4 Å². The molecule has 5 heteroatoms. The van der Waals surface area contributed by atoms with E-state index in [1.54, 1.807) is 0 Å². The van der Waals surface area contributed by atoms with Gasteiger partial charge >= 0.3 is 0 Å². The quantitative estimate of drug-likeness (QED) is 0.458. The summed E-state index contributed by atoms with van der Waals surface area (Å²) in [6.07, 6.45) is 0. The summed E-state index contributed by atoms with van der Waals surface area (Å²) in [5.74, 6) is 0.808. The summed E-state index contributed by atoms with van der Waals surface area (Å²) in [7, 11) is 0. The molecule has 4 nitrogen and oxygen atoms in total. The second-order valence-electron chi connectivity index (χ2n) is 2.92. The van der Waals surface area contributed by atoms with E-state index in [-0.39, 0.29) is 5.11 Å². The highest BCUT2D eigenvalue weighted by molar-refractivity contribution is 7.80. The first-order valence-electron chi connectivity index (χ1n) is 4.45. The van der Waals surface area contributed by atoms with Crippen molar-refractivity contribution in [1.29, 1.82) is 0 Å². The Labute approximate surface area is 94.1 Å². The lowest BCUT2D eigenvalue weighted by Crippen LogP contribution is -2.26. The minimum atomic E-state index is 0.147. The van der Waals surface area contributed by atoms with Crippen LogP contribution in [0.3, 0.4) is 0 Å². The van der Waals surface area contributed by atoms with Gasteiger partial charge in [0.2, 0.25) is 0 Å². The van der Waals surface area contributed by atoms with Crippen molar-refractivity contribution in [2.24, 2.45) is 10.8 Å². The van der Waals surface area contributed by atoms with Crippen LogP contribution in [0.25, 0.3) is 0 Å². The fourth-order valence-corrected chi connectivity index (χ4v) is 0.933. The molecule has 15 heavy (non-hydrogen) atoms. The first-order chi connectivity index (χ1) is 7.18. The van der Waals surface area contributed by atoms with Crippen molar-refractivity contribution >= 4 is 23.0 Å².